The molecule has 1 aliphatic rings. The predicted molar refractivity (Wildman–Crippen MR) is 53.1 cm³/mol. The number of allylic oxidation sites excluding steroid dienone is 2. The molecule has 0 aromatic carbocycles. The van der Waals surface area contributed by atoms with Crippen LogP contribution < -0.4 is 0 Å². The Balaban J connectivity index is 0.00000162. The summed E-state index contributed by atoms with van der Waals surface area (Å²) in [6.07, 6.45) is 1.27. The number of aryl methyl sites for hydroxylation is 1. The van der Waals surface area contributed by atoms with Crippen LogP contribution in [0.4, 0.5) is 17.6 Å². The van der Waals surface area contributed by atoms with Gasteiger partial charge in [-0.2, -0.15) is 14.9 Å². The maximum atomic E-state index is 13.4. The van der Waals surface area contributed by atoms with Crippen molar-refractivity contribution in [2.75, 3.05) is 0 Å². The van der Waals surface area contributed by atoms with E-state index < -0.39 is 23.2 Å². The first-order valence-electron chi connectivity index (χ1n) is 4.57. The van der Waals surface area contributed by atoms with Crippen molar-refractivity contribution in [1.82, 2.24) is 4.37 Å². The Hall–Kier alpha value is -0.591. The fraction of sp³-hybridized carbons (Fsp3) is 0.400. The fourth-order valence-electron chi connectivity index (χ4n) is 1.46. The van der Waals surface area contributed by atoms with E-state index >= 15 is 0 Å². The van der Waals surface area contributed by atoms with Gasteiger partial charge in [-0.25, -0.2) is 8.78 Å². The van der Waals surface area contributed by atoms with Crippen molar-refractivity contribution >= 4 is 22.9 Å². The van der Waals surface area contributed by atoms with Gasteiger partial charge in [0.2, 0.25) is 0 Å². The number of alkyl halides is 4. The molecule has 0 fully saturated rings. The van der Waals surface area contributed by atoms with Crippen molar-refractivity contribution in [3.8, 4) is 0 Å². The summed E-state index contributed by atoms with van der Waals surface area (Å²) < 4.78 is 56.3. The monoisotopic (exact) mass is 457 g/mol. The molecule has 0 amide bonds. The van der Waals surface area contributed by atoms with E-state index in [1.807, 2.05) is 0 Å². The zero-order chi connectivity index (χ0) is 13.0. The van der Waals surface area contributed by atoms with Crippen LogP contribution in [0.1, 0.15) is 16.1 Å². The second-order valence-electron chi connectivity index (χ2n) is 3.69. The topological polar surface area (TPSA) is 30.0 Å². The third-order valence-corrected chi connectivity index (χ3v) is 3.41. The van der Waals surface area contributed by atoms with E-state index in [1.54, 1.807) is 6.92 Å². The van der Waals surface area contributed by atoms with Crippen LogP contribution in [0.3, 0.4) is 0 Å². The van der Waals surface area contributed by atoms with Gasteiger partial charge >= 0.3 is 5.92 Å². The standard InChI is InChI=1S/C10H6F4NOS.Ir/c1-4-5(2)17-15-7(4)6-3-9(11,12)8(16)10(6,13)14;/h1-2H3;/q-1;. The summed E-state index contributed by atoms with van der Waals surface area (Å²) in [7, 11) is 0. The van der Waals surface area contributed by atoms with Gasteiger partial charge < -0.3 is 0 Å². The fourth-order valence-corrected chi connectivity index (χ4v) is 2.15. The number of carbonyl (C=O) groups is 1. The Morgan fingerprint density at radius 2 is 1.78 bits per heavy atom. The minimum absolute atomic E-state index is 0. The Morgan fingerprint density at radius 3 is 2.11 bits per heavy atom. The molecule has 0 saturated heterocycles. The molecule has 1 heterocycles. The molecular weight excluding hydrogens is 450 g/mol. The number of aromatic nitrogens is 1. The first kappa shape index (κ1) is 15.5. The normalized spacial score (nSPS) is 20.6. The molecule has 1 aliphatic carbocycles. The summed E-state index contributed by atoms with van der Waals surface area (Å²) in [5.74, 6) is -10.9. The van der Waals surface area contributed by atoms with Crippen molar-refractivity contribution < 1.29 is 42.5 Å². The Bertz CT molecular complexity index is 538. The smallest absolute Gasteiger partial charge is 0.290 e. The van der Waals surface area contributed by atoms with Crippen LogP contribution in [0.15, 0.2) is 0 Å². The molecule has 2 nitrogen and oxygen atoms in total. The molecule has 1 aromatic rings. The molecule has 0 atom stereocenters. The van der Waals surface area contributed by atoms with Gasteiger partial charge in [0.15, 0.2) is 0 Å². The van der Waals surface area contributed by atoms with Crippen LogP contribution in [0.25, 0.3) is 5.57 Å². The van der Waals surface area contributed by atoms with E-state index in [0.29, 0.717) is 10.4 Å². The Kier molecular flexibility index (Phi) is 3.87. The van der Waals surface area contributed by atoms with E-state index in [9.17, 15) is 22.4 Å². The third kappa shape index (κ3) is 2.06. The predicted octanol–water partition coefficient (Wildman–Crippen LogP) is 2.80. The Morgan fingerprint density at radius 1 is 1.22 bits per heavy atom. The zero-order valence-corrected chi connectivity index (χ0v) is 12.3. The molecule has 1 radical (unpaired) electrons. The van der Waals surface area contributed by atoms with Crippen LogP contribution in [-0.2, 0) is 24.9 Å². The van der Waals surface area contributed by atoms with E-state index in [2.05, 4.69) is 4.37 Å². The zero-order valence-electron chi connectivity index (χ0n) is 9.11. The van der Waals surface area contributed by atoms with Crippen molar-refractivity contribution in [2.45, 2.75) is 25.7 Å². The Labute approximate surface area is 118 Å². The number of ketones is 1. The van der Waals surface area contributed by atoms with Crippen LogP contribution in [0.2, 0.25) is 0 Å². The van der Waals surface area contributed by atoms with Crippen molar-refractivity contribution in [1.29, 1.82) is 0 Å². The molecule has 1 aromatic heterocycles. The molecule has 0 bridgehead atoms. The van der Waals surface area contributed by atoms with Crippen LogP contribution in [0.5, 0.6) is 0 Å². The van der Waals surface area contributed by atoms with Crippen molar-refractivity contribution in [2.24, 2.45) is 0 Å². The van der Waals surface area contributed by atoms with Gasteiger partial charge in [0.25, 0.3) is 11.7 Å². The van der Waals surface area contributed by atoms with Crippen molar-refractivity contribution in [3.63, 3.8) is 0 Å². The minimum atomic E-state index is -4.25. The largest absolute Gasteiger partial charge is 0.305 e. The number of carbonyl (C=O) groups excluding carboxylic acids is 1. The molecule has 0 spiro atoms. The first-order valence-corrected chi connectivity index (χ1v) is 5.34. The number of Topliss-reactive ketones (excluding diaryl/α,β-unsaturated/α-hetero) is 1. The minimum Gasteiger partial charge on any atom is -0.290 e. The van der Waals surface area contributed by atoms with E-state index in [1.165, 1.54) is 13.0 Å². The van der Waals surface area contributed by atoms with Crippen LogP contribution >= 0.6 is 11.5 Å². The number of hydrogen-bond acceptors (Lipinski definition) is 3. The summed E-state index contributed by atoms with van der Waals surface area (Å²) in [4.78, 5) is 11.5. The average molecular weight is 456 g/mol. The van der Waals surface area contributed by atoms with Crippen molar-refractivity contribution in [3.05, 3.63) is 22.2 Å². The molecule has 0 unspecified atom stereocenters. The van der Waals surface area contributed by atoms with E-state index in [0.717, 1.165) is 11.5 Å². The number of halogens is 4. The van der Waals surface area contributed by atoms with Gasteiger partial charge in [-0.1, -0.05) is 29.7 Å². The molecule has 0 N–H and O–H groups in total. The SMILES string of the molecule is Cc1snc(C2=[C-]C(F)(F)C(=O)C2(F)F)c1C.[Ir]. The third-order valence-electron chi connectivity index (χ3n) is 2.56. The second kappa shape index (κ2) is 4.50. The van der Waals surface area contributed by atoms with Crippen LogP contribution in [-0.4, -0.2) is 22.0 Å². The molecule has 101 valence electrons. The summed E-state index contributed by atoms with van der Waals surface area (Å²) in [5, 5.41) is 0. The quantitative estimate of drug-likeness (QED) is 0.481. The van der Waals surface area contributed by atoms with Gasteiger partial charge in [0.1, 0.15) is 0 Å². The maximum absolute atomic E-state index is 13.4. The molecule has 0 saturated carbocycles. The molecule has 8 heteroatoms. The summed E-state index contributed by atoms with van der Waals surface area (Å²) in [5.41, 5.74) is -1.03. The van der Waals surface area contributed by atoms with E-state index in [4.69, 9.17) is 0 Å². The molecule has 18 heavy (non-hydrogen) atoms. The summed E-state index contributed by atoms with van der Waals surface area (Å²) in [6.45, 7) is 3.12. The molecule has 0 aliphatic heterocycles. The van der Waals surface area contributed by atoms with E-state index in [-0.39, 0.29) is 25.8 Å². The van der Waals surface area contributed by atoms with Gasteiger partial charge in [-0.15, -0.1) is 5.57 Å². The van der Waals surface area contributed by atoms with Gasteiger partial charge in [-0.05, 0) is 6.92 Å². The molecule has 2 rings (SSSR count). The number of hydrogen-bond donors (Lipinski definition) is 0. The number of nitrogens with zero attached hydrogens (tertiary/aromatic N) is 1. The number of rotatable bonds is 1. The average Bonchev–Trinajstić information content (AvgIpc) is 2.61. The second-order valence-corrected chi connectivity index (χ2v) is 4.67. The maximum Gasteiger partial charge on any atom is 0.305 e. The van der Waals surface area contributed by atoms with Gasteiger partial charge in [0, 0.05) is 25.0 Å². The van der Waals surface area contributed by atoms with Gasteiger partial charge in [-0.3, -0.25) is 9.17 Å². The first-order chi connectivity index (χ1) is 7.68. The summed E-state index contributed by atoms with van der Waals surface area (Å²) >= 11 is 0.920. The van der Waals surface area contributed by atoms with Crippen LogP contribution in [0, 0.1) is 19.9 Å². The molecular formula is C10H6F4IrNOS-. The summed E-state index contributed by atoms with van der Waals surface area (Å²) in [6, 6.07) is 0. The van der Waals surface area contributed by atoms with Gasteiger partial charge in [0.05, 0.1) is 0 Å².